The fraction of sp³-hybridized carbons (Fsp3) is 0.167. The molecule has 0 saturated carbocycles. The Bertz CT molecular complexity index is 838. The molecule has 5 nitrogen and oxygen atoms in total. The van der Waals surface area contributed by atoms with Gasteiger partial charge in [0.1, 0.15) is 6.04 Å². The number of halogens is 3. The number of amides is 2. The first kappa shape index (κ1) is 19.0. The molecule has 2 rings (SSSR count). The van der Waals surface area contributed by atoms with Crippen LogP contribution in [0.5, 0.6) is 0 Å². The molecule has 0 fully saturated rings. The van der Waals surface area contributed by atoms with Crippen molar-refractivity contribution in [2.24, 2.45) is 5.73 Å². The van der Waals surface area contributed by atoms with Crippen molar-refractivity contribution in [3.63, 3.8) is 0 Å². The van der Waals surface area contributed by atoms with Crippen LogP contribution in [0.4, 0.5) is 13.2 Å². The molecule has 3 N–H and O–H groups in total. The number of hydrogen-bond acceptors (Lipinski definition) is 3. The smallest absolute Gasteiger partial charge is 0.368 e. The van der Waals surface area contributed by atoms with Crippen molar-refractivity contribution >= 4 is 11.8 Å². The number of carbonyl (C=O) groups is 2. The van der Waals surface area contributed by atoms with E-state index in [1.54, 1.807) is 24.3 Å². The van der Waals surface area contributed by atoms with E-state index in [9.17, 15) is 22.8 Å². The van der Waals surface area contributed by atoms with Gasteiger partial charge in [-0.15, -0.1) is 0 Å². The summed E-state index contributed by atoms with van der Waals surface area (Å²) in [5.74, 6) is -1.49. The summed E-state index contributed by atoms with van der Waals surface area (Å²) in [6.45, 7) is 0. The minimum Gasteiger partial charge on any atom is -0.368 e. The second kappa shape index (κ2) is 7.70. The summed E-state index contributed by atoms with van der Waals surface area (Å²) in [5.41, 5.74) is 5.50. The maximum Gasteiger partial charge on any atom is 0.416 e. The van der Waals surface area contributed by atoms with Crippen LogP contribution < -0.4 is 11.1 Å². The monoisotopic (exact) mass is 361 g/mol. The van der Waals surface area contributed by atoms with Crippen molar-refractivity contribution in [2.45, 2.75) is 18.6 Å². The number of carbonyl (C=O) groups excluding carboxylic acids is 2. The van der Waals surface area contributed by atoms with Gasteiger partial charge in [0.05, 0.1) is 17.2 Å². The number of primary amides is 1. The molecule has 0 aliphatic heterocycles. The van der Waals surface area contributed by atoms with Gasteiger partial charge in [-0.1, -0.05) is 12.1 Å². The lowest BCUT2D eigenvalue weighted by Gasteiger charge is -2.16. The molecule has 0 aliphatic rings. The minimum atomic E-state index is -4.50. The Hall–Kier alpha value is -3.34. The third kappa shape index (κ3) is 4.83. The molecule has 0 aliphatic carbocycles. The van der Waals surface area contributed by atoms with Crippen molar-refractivity contribution in [1.29, 1.82) is 5.26 Å². The highest BCUT2D eigenvalue weighted by molar-refractivity contribution is 5.97. The van der Waals surface area contributed by atoms with Crippen LogP contribution in [-0.2, 0) is 17.4 Å². The zero-order chi connectivity index (χ0) is 19.3. The number of nitriles is 1. The van der Waals surface area contributed by atoms with E-state index in [4.69, 9.17) is 11.0 Å². The Morgan fingerprint density at radius 2 is 1.65 bits per heavy atom. The largest absolute Gasteiger partial charge is 0.416 e. The normalized spacial score (nSPS) is 12.1. The predicted molar refractivity (Wildman–Crippen MR) is 86.8 cm³/mol. The van der Waals surface area contributed by atoms with Crippen molar-refractivity contribution in [3.8, 4) is 6.07 Å². The Morgan fingerprint density at radius 3 is 2.12 bits per heavy atom. The Labute approximate surface area is 147 Å². The van der Waals surface area contributed by atoms with Crippen LogP contribution in [0.15, 0.2) is 48.5 Å². The second-order valence-corrected chi connectivity index (χ2v) is 5.52. The Balaban J connectivity index is 2.10. The van der Waals surface area contributed by atoms with Crippen molar-refractivity contribution in [2.75, 3.05) is 0 Å². The fourth-order valence-electron chi connectivity index (χ4n) is 2.23. The SMILES string of the molecule is N#Cc1ccc(C[C@H](NC(=O)c2ccc(C(F)(F)F)cc2)C(N)=O)cc1. The van der Waals surface area contributed by atoms with Gasteiger partial charge < -0.3 is 11.1 Å². The van der Waals surface area contributed by atoms with Gasteiger partial charge >= 0.3 is 6.18 Å². The molecule has 0 unspecified atom stereocenters. The van der Waals surface area contributed by atoms with E-state index in [0.717, 1.165) is 24.3 Å². The number of nitrogens with one attached hydrogen (secondary N) is 1. The van der Waals surface area contributed by atoms with E-state index in [0.29, 0.717) is 11.1 Å². The predicted octanol–water partition coefficient (Wildman–Crippen LogP) is 2.40. The molecule has 0 bridgehead atoms. The topological polar surface area (TPSA) is 96.0 Å². The van der Waals surface area contributed by atoms with E-state index in [-0.39, 0.29) is 12.0 Å². The number of nitrogens with two attached hydrogens (primary N) is 1. The van der Waals surface area contributed by atoms with E-state index < -0.39 is 29.6 Å². The van der Waals surface area contributed by atoms with E-state index in [2.05, 4.69) is 5.32 Å². The molecule has 2 aromatic rings. The summed E-state index contributed by atoms with van der Waals surface area (Å²) >= 11 is 0. The molecule has 2 amide bonds. The fourth-order valence-corrected chi connectivity index (χ4v) is 2.23. The molecule has 0 radical (unpaired) electrons. The molecule has 26 heavy (non-hydrogen) atoms. The molecular weight excluding hydrogens is 347 g/mol. The zero-order valence-corrected chi connectivity index (χ0v) is 13.4. The Kier molecular flexibility index (Phi) is 5.62. The van der Waals surface area contributed by atoms with Crippen molar-refractivity contribution in [3.05, 3.63) is 70.8 Å². The first-order valence-electron chi connectivity index (χ1n) is 7.47. The second-order valence-electron chi connectivity index (χ2n) is 5.52. The highest BCUT2D eigenvalue weighted by Crippen LogP contribution is 2.29. The first-order valence-corrected chi connectivity index (χ1v) is 7.47. The maximum atomic E-state index is 12.6. The van der Waals surface area contributed by atoms with E-state index in [1.165, 1.54) is 0 Å². The van der Waals surface area contributed by atoms with Crippen LogP contribution >= 0.6 is 0 Å². The van der Waals surface area contributed by atoms with Crippen LogP contribution in [-0.4, -0.2) is 17.9 Å². The summed E-state index contributed by atoms with van der Waals surface area (Å²) in [7, 11) is 0. The average molecular weight is 361 g/mol. The van der Waals surface area contributed by atoms with Gasteiger partial charge in [0.15, 0.2) is 0 Å². The first-order chi connectivity index (χ1) is 12.2. The summed E-state index contributed by atoms with van der Waals surface area (Å²) in [4.78, 5) is 23.8. The minimum absolute atomic E-state index is 0.0240. The lowest BCUT2D eigenvalue weighted by molar-refractivity contribution is -0.137. The van der Waals surface area contributed by atoms with Crippen LogP contribution in [0.3, 0.4) is 0 Å². The third-order valence-corrected chi connectivity index (χ3v) is 3.65. The van der Waals surface area contributed by atoms with Crippen molar-refractivity contribution in [1.82, 2.24) is 5.32 Å². The molecule has 0 heterocycles. The van der Waals surface area contributed by atoms with Gasteiger partial charge in [-0.25, -0.2) is 0 Å². The third-order valence-electron chi connectivity index (χ3n) is 3.65. The molecule has 8 heteroatoms. The van der Waals surface area contributed by atoms with Crippen LogP contribution in [0.2, 0.25) is 0 Å². The molecule has 0 aromatic heterocycles. The van der Waals surface area contributed by atoms with Gasteiger partial charge in [0, 0.05) is 12.0 Å². The van der Waals surface area contributed by atoms with E-state index in [1.807, 2.05) is 6.07 Å². The van der Waals surface area contributed by atoms with Crippen LogP contribution in [0.1, 0.15) is 27.0 Å². The lowest BCUT2D eigenvalue weighted by atomic mass is 10.0. The van der Waals surface area contributed by atoms with Crippen LogP contribution in [0.25, 0.3) is 0 Å². The van der Waals surface area contributed by atoms with Gasteiger partial charge in [-0.05, 0) is 42.0 Å². The molecule has 134 valence electrons. The van der Waals surface area contributed by atoms with Gasteiger partial charge in [-0.2, -0.15) is 18.4 Å². The Morgan fingerprint density at radius 1 is 1.08 bits per heavy atom. The van der Waals surface area contributed by atoms with Gasteiger partial charge in [0.25, 0.3) is 5.91 Å². The number of nitrogens with zero attached hydrogens (tertiary/aromatic N) is 1. The number of hydrogen-bond donors (Lipinski definition) is 2. The molecule has 2 aromatic carbocycles. The number of benzene rings is 2. The number of rotatable bonds is 5. The molecule has 0 saturated heterocycles. The number of alkyl halides is 3. The molecule has 1 atom stereocenters. The van der Waals surface area contributed by atoms with Gasteiger partial charge in [0.2, 0.25) is 5.91 Å². The maximum absolute atomic E-state index is 12.6. The van der Waals surface area contributed by atoms with Gasteiger partial charge in [-0.3, -0.25) is 9.59 Å². The molecular formula is C18H14F3N3O2. The standard InChI is InChI=1S/C18H14F3N3O2/c19-18(20,21)14-7-5-13(6-8-14)17(26)24-15(16(23)25)9-11-1-3-12(10-22)4-2-11/h1-8,15H,9H2,(H2,23,25)(H,24,26)/t15-/m0/s1. The summed E-state index contributed by atoms with van der Waals surface area (Å²) in [5, 5.41) is 11.2. The summed E-state index contributed by atoms with van der Waals surface area (Å²) in [6.07, 6.45) is -4.41. The summed E-state index contributed by atoms with van der Waals surface area (Å²) in [6, 6.07) is 10.9. The zero-order valence-electron chi connectivity index (χ0n) is 13.4. The van der Waals surface area contributed by atoms with Crippen molar-refractivity contribution < 1.29 is 22.8 Å². The molecule has 0 spiro atoms. The van der Waals surface area contributed by atoms with E-state index >= 15 is 0 Å². The highest BCUT2D eigenvalue weighted by Gasteiger charge is 2.30. The average Bonchev–Trinajstić information content (AvgIpc) is 2.61. The summed E-state index contributed by atoms with van der Waals surface area (Å²) < 4.78 is 37.7. The highest BCUT2D eigenvalue weighted by atomic mass is 19.4. The lowest BCUT2D eigenvalue weighted by Crippen LogP contribution is -2.45. The quantitative estimate of drug-likeness (QED) is 0.856. The van der Waals surface area contributed by atoms with Crippen LogP contribution in [0, 0.1) is 11.3 Å².